The number of nitrogens with zero attached hydrogens (tertiary/aromatic N) is 1. The highest BCUT2D eigenvalue weighted by atomic mass is 79.9. The molecule has 2 heteroatoms. The van der Waals surface area contributed by atoms with Crippen molar-refractivity contribution in [2.45, 2.75) is 24.6 Å². The van der Waals surface area contributed by atoms with Gasteiger partial charge in [0.15, 0.2) is 0 Å². The van der Waals surface area contributed by atoms with E-state index in [1.807, 2.05) is 0 Å². The predicted molar refractivity (Wildman–Crippen MR) is 52.1 cm³/mol. The van der Waals surface area contributed by atoms with E-state index >= 15 is 0 Å². The minimum atomic E-state index is 0.623. The van der Waals surface area contributed by atoms with E-state index in [9.17, 15) is 0 Å². The summed E-state index contributed by atoms with van der Waals surface area (Å²) in [5.41, 5.74) is 1.41. The van der Waals surface area contributed by atoms with Crippen LogP contribution in [0.25, 0.3) is 0 Å². The predicted octanol–water partition coefficient (Wildman–Crippen LogP) is 2.74. The van der Waals surface area contributed by atoms with E-state index < -0.39 is 0 Å². The molecule has 62 valence electrons. The summed E-state index contributed by atoms with van der Waals surface area (Å²) < 4.78 is 2.18. The van der Waals surface area contributed by atoms with Crippen LogP contribution in [0, 0.1) is 0 Å². The number of halogens is 1. The SMILES string of the molecule is CC(Br)CCc1cccn1C. The summed E-state index contributed by atoms with van der Waals surface area (Å²) in [6, 6.07) is 4.27. The Morgan fingerprint density at radius 2 is 2.36 bits per heavy atom. The van der Waals surface area contributed by atoms with Gasteiger partial charge < -0.3 is 4.57 Å². The summed E-state index contributed by atoms with van der Waals surface area (Å²) in [4.78, 5) is 0.623. The Hall–Kier alpha value is -0.240. The standard InChI is InChI=1S/C9H14BrN/c1-8(10)5-6-9-4-3-7-11(9)2/h3-4,7-8H,5-6H2,1-2H3. The average Bonchev–Trinajstić information content (AvgIpc) is 2.31. The molecule has 1 heterocycles. The molecule has 0 aliphatic rings. The van der Waals surface area contributed by atoms with Gasteiger partial charge in [-0.3, -0.25) is 0 Å². The van der Waals surface area contributed by atoms with Crippen molar-refractivity contribution in [3.8, 4) is 0 Å². The van der Waals surface area contributed by atoms with Crippen LogP contribution in [-0.2, 0) is 13.5 Å². The van der Waals surface area contributed by atoms with Gasteiger partial charge in [-0.25, -0.2) is 0 Å². The van der Waals surface area contributed by atoms with Crippen LogP contribution in [0.3, 0.4) is 0 Å². The van der Waals surface area contributed by atoms with Crippen molar-refractivity contribution in [1.29, 1.82) is 0 Å². The molecule has 0 fully saturated rings. The lowest BCUT2D eigenvalue weighted by atomic mass is 10.2. The third-order valence-corrected chi connectivity index (χ3v) is 2.31. The smallest absolute Gasteiger partial charge is 0.0172 e. The number of hydrogen-bond acceptors (Lipinski definition) is 0. The summed E-state index contributed by atoms with van der Waals surface area (Å²) >= 11 is 3.54. The fourth-order valence-electron chi connectivity index (χ4n) is 1.10. The molecule has 0 saturated carbocycles. The largest absolute Gasteiger partial charge is 0.354 e. The minimum Gasteiger partial charge on any atom is -0.354 e. The van der Waals surface area contributed by atoms with Crippen molar-refractivity contribution >= 4 is 15.9 Å². The second-order valence-corrected chi connectivity index (χ2v) is 4.49. The molecule has 0 saturated heterocycles. The molecule has 0 radical (unpaired) electrons. The fourth-order valence-corrected chi connectivity index (χ4v) is 1.33. The Morgan fingerprint density at radius 1 is 1.64 bits per heavy atom. The van der Waals surface area contributed by atoms with E-state index in [2.05, 4.69) is 52.8 Å². The number of rotatable bonds is 3. The lowest BCUT2D eigenvalue weighted by Crippen LogP contribution is -1.98. The van der Waals surface area contributed by atoms with E-state index in [1.54, 1.807) is 0 Å². The molecule has 1 nitrogen and oxygen atoms in total. The summed E-state index contributed by atoms with van der Waals surface area (Å²) in [7, 11) is 2.09. The van der Waals surface area contributed by atoms with Crippen LogP contribution in [-0.4, -0.2) is 9.39 Å². The highest BCUT2D eigenvalue weighted by molar-refractivity contribution is 9.09. The van der Waals surface area contributed by atoms with Crippen molar-refractivity contribution in [3.05, 3.63) is 24.0 Å². The van der Waals surface area contributed by atoms with Crippen LogP contribution in [0.15, 0.2) is 18.3 Å². The zero-order chi connectivity index (χ0) is 8.27. The van der Waals surface area contributed by atoms with Gasteiger partial charge in [-0.2, -0.15) is 0 Å². The average molecular weight is 216 g/mol. The van der Waals surface area contributed by atoms with Crippen molar-refractivity contribution in [2.75, 3.05) is 0 Å². The van der Waals surface area contributed by atoms with Crippen LogP contribution in [0.1, 0.15) is 19.0 Å². The summed E-state index contributed by atoms with van der Waals surface area (Å²) in [5, 5.41) is 0. The first kappa shape index (κ1) is 8.85. The second kappa shape index (κ2) is 3.96. The minimum absolute atomic E-state index is 0.623. The maximum atomic E-state index is 3.54. The van der Waals surface area contributed by atoms with Crippen molar-refractivity contribution in [3.63, 3.8) is 0 Å². The van der Waals surface area contributed by atoms with Gasteiger partial charge >= 0.3 is 0 Å². The van der Waals surface area contributed by atoms with Crippen molar-refractivity contribution in [2.24, 2.45) is 7.05 Å². The molecule has 1 aromatic heterocycles. The van der Waals surface area contributed by atoms with Crippen LogP contribution in [0.2, 0.25) is 0 Å². The van der Waals surface area contributed by atoms with Gasteiger partial charge in [0.25, 0.3) is 0 Å². The molecule has 0 amide bonds. The van der Waals surface area contributed by atoms with Gasteiger partial charge in [0.05, 0.1) is 0 Å². The van der Waals surface area contributed by atoms with E-state index in [0.717, 1.165) is 6.42 Å². The highest BCUT2D eigenvalue weighted by Gasteiger charge is 1.99. The van der Waals surface area contributed by atoms with Gasteiger partial charge in [-0.1, -0.05) is 22.9 Å². The maximum Gasteiger partial charge on any atom is 0.0172 e. The molecular formula is C9H14BrN. The second-order valence-electron chi connectivity index (χ2n) is 2.93. The molecule has 0 N–H and O–H groups in total. The van der Waals surface area contributed by atoms with Crippen LogP contribution in [0.5, 0.6) is 0 Å². The quantitative estimate of drug-likeness (QED) is 0.684. The molecule has 1 aromatic rings. The van der Waals surface area contributed by atoms with Crippen molar-refractivity contribution < 1.29 is 0 Å². The normalized spacial score (nSPS) is 13.4. The molecule has 0 aliphatic heterocycles. The number of aromatic nitrogens is 1. The lowest BCUT2D eigenvalue weighted by Gasteiger charge is -2.03. The van der Waals surface area contributed by atoms with E-state index in [4.69, 9.17) is 0 Å². The first-order valence-electron chi connectivity index (χ1n) is 3.94. The maximum absolute atomic E-state index is 3.54. The van der Waals surface area contributed by atoms with E-state index in [1.165, 1.54) is 12.1 Å². The molecule has 11 heavy (non-hydrogen) atoms. The first-order valence-corrected chi connectivity index (χ1v) is 4.86. The molecule has 1 unspecified atom stereocenters. The molecule has 0 aromatic carbocycles. The third kappa shape index (κ3) is 2.70. The zero-order valence-corrected chi connectivity index (χ0v) is 8.63. The highest BCUT2D eigenvalue weighted by Crippen LogP contribution is 2.09. The van der Waals surface area contributed by atoms with Gasteiger partial charge in [0.1, 0.15) is 0 Å². The third-order valence-electron chi connectivity index (χ3n) is 1.85. The van der Waals surface area contributed by atoms with Crippen LogP contribution < -0.4 is 0 Å². The molecule has 1 atom stereocenters. The Labute approximate surface area is 76.5 Å². The van der Waals surface area contributed by atoms with Gasteiger partial charge in [0.2, 0.25) is 0 Å². The summed E-state index contributed by atoms with van der Waals surface area (Å²) in [6.45, 7) is 2.18. The first-order chi connectivity index (χ1) is 5.20. The Balaban J connectivity index is 2.44. The molecule has 0 bridgehead atoms. The van der Waals surface area contributed by atoms with Crippen molar-refractivity contribution in [1.82, 2.24) is 4.57 Å². The van der Waals surface area contributed by atoms with E-state index in [-0.39, 0.29) is 0 Å². The van der Waals surface area contributed by atoms with Crippen LogP contribution in [0.4, 0.5) is 0 Å². The topological polar surface area (TPSA) is 4.93 Å². The molecule has 0 spiro atoms. The Bertz CT molecular complexity index is 215. The van der Waals surface area contributed by atoms with Gasteiger partial charge in [0, 0.05) is 23.8 Å². The number of hydrogen-bond donors (Lipinski definition) is 0. The van der Waals surface area contributed by atoms with E-state index in [0.29, 0.717) is 4.83 Å². The monoisotopic (exact) mass is 215 g/mol. The Morgan fingerprint density at radius 3 is 2.82 bits per heavy atom. The van der Waals surface area contributed by atoms with Gasteiger partial charge in [-0.05, 0) is 25.0 Å². The number of aryl methyl sites for hydroxylation is 2. The summed E-state index contributed by atoms with van der Waals surface area (Å²) in [5.74, 6) is 0. The number of alkyl halides is 1. The fraction of sp³-hybridized carbons (Fsp3) is 0.556. The molecular weight excluding hydrogens is 202 g/mol. The summed E-state index contributed by atoms with van der Waals surface area (Å²) in [6.07, 6.45) is 4.46. The zero-order valence-electron chi connectivity index (χ0n) is 7.05. The van der Waals surface area contributed by atoms with Gasteiger partial charge in [-0.15, -0.1) is 0 Å². The molecule has 1 rings (SSSR count). The lowest BCUT2D eigenvalue weighted by molar-refractivity contribution is 0.748. The molecule has 0 aliphatic carbocycles. The Kier molecular flexibility index (Phi) is 3.18. The van der Waals surface area contributed by atoms with Crippen LogP contribution >= 0.6 is 15.9 Å².